The SMILES string of the molecule is Cc1ccsc1C(SCc1ccccc1Cl)C(C)N. The van der Waals surface area contributed by atoms with Crippen LogP contribution in [-0.2, 0) is 5.75 Å². The van der Waals surface area contributed by atoms with Crippen LogP contribution in [0.2, 0.25) is 5.02 Å². The molecule has 1 heterocycles. The molecule has 0 spiro atoms. The molecule has 1 nitrogen and oxygen atoms in total. The highest BCUT2D eigenvalue weighted by molar-refractivity contribution is 7.98. The Kier molecular flexibility index (Phi) is 5.34. The van der Waals surface area contributed by atoms with Crippen molar-refractivity contribution in [2.75, 3.05) is 0 Å². The summed E-state index contributed by atoms with van der Waals surface area (Å²) in [7, 11) is 0. The third-order valence-corrected chi connectivity index (χ3v) is 6.14. The number of benzene rings is 1. The van der Waals surface area contributed by atoms with Crippen LogP contribution in [0.1, 0.15) is 28.2 Å². The normalized spacial score (nSPS) is 14.3. The van der Waals surface area contributed by atoms with Crippen molar-refractivity contribution in [1.82, 2.24) is 0 Å². The van der Waals surface area contributed by atoms with E-state index in [9.17, 15) is 0 Å². The Labute approximate surface area is 128 Å². The summed E-state index contributed by atoms with van der Waals surface area (Å²) in [6, 6.07) is 10.3. The maximum atomic E-state index is 6.20. The van der Waals surface area contributed by atoms with Crippen molar-refractivity contribution >= 4 is 34.7 Å². The lowest BCUT2D eigenvalue weighted by molar-refractivity contribution is 0.727. The van der Waals surface area contributed by atoms with Crippen molar-refractivity contribution in [3.05, 3.63) is 56.7 Å². The van der Waals surface area contributed by atoms with Crippen LogP contribution in [0.15, 0.2) is 35.7 Å². The third-order valence-electron chi connectivity index (χ3n) is 3.01. The van der Waals surface area contributed by atoms with Gasteiger partial charge in [0.05, 0.1) is 5.25 Å². The van der Waals surface area contributed by atoms with Crippen LogP contribution in [0, 0.1) is 6.92 Å². The summed E-state index contributed by atoms with van der Waals surface area (Å²) < 4.78 is 0. The van der Waals surface area contributed by atoms with E-state index in [0.29, 0.717) is 5.25 Å². The van der Waals surface area contributed by atoms with Gasteiger partial charge in [0.15, 0.2) is 0 Å². The van der Waals surface area contributed by atoms with Crippen LogP contribution in [-0.4, -0.2) is 6.04 Å². The van der Waals surface area contributed by atoms with Gasteiger partial charge in [0, 0.05) is 21.7 Å². The van der Waals surface area contributed by atoms with E-state index in [2.05, 4.69) is 31.4 Å². The zero-order valence-electron chi connectivity index (χ0n) is 11.1. The highest BCUT2D eigenvalue weighted by atomic mass is 35.5. The Morgan fingerprint density at radius 3 is 2.63 bits per heavy atom. The molecule has 0 aliphatic rings. The lowest BCUT2D eigenvalue weighted by Crippen LogP contribution is -2.22. The molecule has 2 atom stereocenters. The van der Waals surface area contributed by atoms with Crippen molar-refractivity contribution in [3.8, 4) is 0 Å². The van der Waals surface area contributed by atoms with Crippen LogP contribution in [0.5, 0.6) is 0 Å². The van der Waals surface area contributed by atoms with E-state index in [0.717, 1.165) is 10.8 Å². The molecule has 0 amide bonds. The fourth-order valence-electron chi connectivity index (χ4n) is 1.94. The standard InChI is InChI=1S/C15H18ClNS2/c1-10-7-8-18-14(10)15(11(2)17)19-9-12-5-3-4-6-13(12)16/h3-8,11,15H,9,17H2,1-2H3. The summed E-state index contributed by atoms with van der Waals surface area (Å²) in [5.41, 5.74) is 8.66. The maximum Gasteiger partial charge on any atom is 0.0545 e. The number of nitrogens with two attached hydrogens (primary N) is 1. The molecule has 1 aromatic heterocycles. The number of halogens is 1. The molecule has 0 saturated heterocycles. The van der Waals surface area contributed by atoms with Crippen LogP contribution in [0.3, 0.4) is 0 Å². The van der Waals surface area contributed by atoms with Crippen LogP contribution >= 0.6 is 34.7 Å². The van der Waals surface area contributed by atoms with E-state index in [1.165, 1.54) is 16.0 Å². The van der Waals surface area contributed by atoms with E-state index in [1.807, 2.05) is 30.0 Å². The first kappa shape index (κ1) is 14.9. The van der Waals surface area contributed by atoms with Gasteiger partial charge in [0.25, 0.3) is 0 Å². The lowest BCUT2D eigenvalue weighted by Gasteiger charge is -2.20. The Bertz CT molecular complexity index is 536. The van der Waals surface area contributed by atoms with Crippen LogP contribution in [0.25, 0.3) is 0 Å². The second kappa shape index (κ2) is 6.80. The Hall–Kier alpha value is -0.480. The smallest absolute Gasteiger partial charge is 0.0545 e. The number of thiophene rings is 1. The molecule has 2 aromatic rings. The molecule has 4 heteroatoms. The van der Waals surface area contributed by atoms with Gasteiger partial charge in [-0.05, 0) is 42.5 Å². The largest absolute Gasteiger partial charge is 0.327 e. The second-order valence-corrected chi connectivity index (χ2v) is 7.13. The monoisotopic (exact) mass is 311 g/mol. The van der Waals surface area contributed by atoms with Crippen molar-refractivity contribution in [3.63, 3.8) is 0 Å². The second-order valence-electron chi connectivity index (χ2n) is 4.65. The first-order valence-electron chi connectivity index (χ1n) is 6.24. The fourth-order valence-corrected chi connectivity index (χ4v) is 4.86. The fraction of sp³-hybridized carbons (Fsp3) is 0.333. The average Bonchev–Trinajstić information content (AvgIpc) is 2.78. The molecule has 102 valence electrons. The van der Waals surface area contributed by atoms with E-state index in [1.54, 1.807) is 11.3 Å². The molecule has 1 aromatic carbocycles. The van der Waals surface area contributed by atoms with Crippen molar-refractivity contribution in [2.45, 2.75) is 30.9 Å². The molecule has 2 N–H and O–H groups in total. The summed E-state index contributed by atoms with van der Waals surface area (Å²) in [5, 5.41) is 3.30. The molecule has 2 unspecified atom stereocenters. The van der Waals surface area contributed by atoms with Gasteiger partial charge in [0.1, 0.15) is 0 Å². The summed E-state index contributed by atoms with van der Waals surface area (Å²) in [6.07, 6.45) is 0. The Morgan fingerprint density at radius 1 is 1.32 bits per heavy atom. The van der Waals surface area contributed by atoms with Crippen molar-refractivity contribution < 1.29 is 0 Å². The summed E-state index contributed by atoms with van der Waals surface area (Å²) >= 11 is 9.86. The number of aryl methyl sites for hydroxylation is 1. The van der Waals surface area contributed by atoms with Crippen LogP contribution < -0.4 is 5.73 Å². The van der Waals surface area contributed by atoms with Gasteiger partial charge in [-0.1, -0.05) is 29.8 Å². The van der Waals surface area contributed by atoms with Gasteiger partial charge in [0.2, 0.25) is 0 Å². The first-order chi connectivity index (χ1) is 9.09. The molecular formula is C15H18ClNS2. The van der Waals surface area contributed by atoms with Gasteiger partial charge in [-0.15, -0.1) is 23.1 Å². The lowest BCUT2D eigenvalue weighted by atomic mass is 10.1. The van der Waals surface area contributed by atoms with Crippen molar-refractivity contribution in [2.24, 2.45) is 5.73 Å². The van der Waals surface area contributed by atoms with Crippen LogP contribution in [0.4, 0.5) is 0 Å². The molecule has 19 heavy (non-hydrogen) atoms. The quantitative estimate of drug-likeness (QED) is 0.838. The molecule has 0 bridgehead atoms. The van der Waals surface area contributed by atoms with E-state index in [4.69, 9.17) is 17.3 Å². The topological polar surface area (TPSA) is 26.0 Å². The third kappa shape index (κ3) is 3.76. The van der Waals surface area contributed by atoms with Gasteiger partial charge in [-0.2, -0.15) is 0 Å². The zero-order chi connectivity index (χ0) is 13.8. The summed E-state index contributed by atoms with van der Waals surface area (Å²) in [4.78, 5) is 1.38. The van der Waals surface area contributed by atoms with E-state index >= 15 is 0 Å². The van der Waals surface area contributed by atoms with E-state index < -0.39 is 0 Å². The molecule has 0 saturated carbocycles. The highest BCUT2D eigenvalue weighted by Gasteiger charge is 2.20. The van der Waals surface area contributed by atoms with Gasteiger partial charge >= 0.3 is 0 Å². The number of rotatable bonds is 5. The first-order valence-corrected chi connectivity index (χ1v) is 8.55. The minimum Gasteiger partial charge on any atom is -0.327 e. The predicted octanol–water partition coefficient (Wildman–Crippen LogP) is 5.03. The van der Waals surface area contributed by atoms with E-state index in [-0.39, 0.29) is 6.04 Å². The van der Waals surface area contributed by atoms with Crippen molar-refractivity contribution in [1.29, 1.82) is 0 Å². The zero-order valence-corrected chi connectivity index (χ0v) is 13.5. The molecule has 0 aliphatic heterocycles. The molecule has 0 aliphatic carbocycles. The summed E-state index contributed by atoms with van der Waals surface area (Å²) in [5.74, 6) is 0.892. The summed E-state index contributed by atoms with van der Waals surface area (Å²) in [6.45, 7) is 4.22. The molecular weight excluding hydrogens is 294 g/mol. The van der Waals surface area contributed by atoms with Gasteiger partial charge in [-0.25, -0.2) is 0 Å². The number of thioether (sulfide) groups is 1. The Morgan fingerprint density at radius 2 is 2.05 bits per heavy atom. The molecule has 2 rings (SSSR count). The highest BCUT2D eigenvalue weighted by Crippen LogP contribution is 2.39. The Balaban J connectivity index is 2.11. The minimum atomic E-state index is 0.129. The van der Waals surface area contributed by atoms with Gasteiger partial charge in [-0.3, -0.25) is 0 Å². The predicted molar refractivity (Wildman–Crippen MR) is 88.2 cm³/mol. The number of hydrogen-bond acceptors (Lipinski definition) is 3. The number of hydrogen-bond donors (Lipinski definition) is 1. The average molecular weight is 312 g/mol. The minimum absolute atomic E-state index is 0.129. The van der Waals surface area contributed by atoms with Gasteiger partial charge < -0.3 is 5.73 Å². The molecule has 0 fully saturated rings. The molecule has 0 radical (unpaired) electrons. The maximum absolute atomic E-state index is 6.20.